The third-order valence-corrected chi connectivity index (χ3v) is 3.80. The minimum absolute atomic E-state index is 0.218. The Morgan fingerprint density at radius 3 is 2.35 bits per heavy atom. The van der Waals surface area contributed by atoms with Gasteiger partial charge in [0.1, 0.15) is 11.7 Å². The topological polar surface area (TPSA) is 64.6 Å². The summed E-state index contributed by atoms with van der Waals surface area (Å²) in [5.41, 5.74) is -0.859. The molecule has 0 bridgehead atoms. The Morgan fingerprint density at radius 2 is 1.88 bits per heavy atom. The fourth-order valence-corrected chi connectivity index (χ4v) is 2.65. The largest absolute Gasteiger partial charge is 0.460 e. The summed E-state index contributed by atoms with van der Waals surface area (Å²) in [4.78, 5) is 23.4. The van der Waals surface area contributed by atoms with Crippen LogP contribution in [-0.2, 0) is 26.9 Å². The molecule has 1 saturated heterocycles. The van der Waals surface area contributed by atoms with Gasteiger partial charge in [0.15, 0.2) is 0 Å². The Morgan fingerprint density at radius 1 is 1.27 bits per heavy atom. The molecule has 0 aliphatic carbocycles. The van der Waals surface area contributed by atoms with Crippen molar-refractivity contribution in [1.29, 1.82) is 0 Å². The highest BCUT2D eigenvalue weighted by Crippen LogP contribution is 2.29. The fraction of sp³-hybridized carbons (Fsp3) is 0.556. The van der Waals surface area contributed by atoms with Crippen molar-refractivity contribution in [3.63, 3.8) is 0 Å². The van der Waals surface area contributed by atoms with Crippen molar-refractivity contribution in [3.8, 4) is 0 Å². The van der Waals surface area contributed by atoms with Crippen LogP contribution in [0.1, 0.15) is 44.7 Å². The second-order valence-electron chi connectivity index (χ2n) is 7.22. The molecule has 1 aliphatic rings. The summed E-state index contributed by atoms with van der Waals surface area (Å²) in [6.45, 7) is 5.15. The van der Waals surface area contributed by atoms with Crippen molar-refractivity contribution >= 4 is 12.1 Å². The number of hydrogen-bond donors (Lipinski definition) is 1. The van der Waals surface area contributed by atoms with Gasteiger partial charge in [0.25, 0.3) is 0 Å². The first-order valence-corrected chi connectivity index (χ1v) is 8.29. The van der Waals surface area contributed by atoms with Gasteiger partial charge in [-0.25, -0.2) is 4.79 Å². The van der Waals surface area contributed by atoms with E-state index >= 15 is 0 Å². The van der Waals surface area contributed by atoms with E-state index in [4.69, 9.17) is 9.47 Å². The van der Waals surface area contributed by atoms with E-state index in [9.17, 15) is 22.8 Å². The van der Waals surface area contributed by atoms with E-state index in [1.54, 1.807) is 20.8 Å². The average Bonchev–Trinajstić information content (AvgIpc) is 2.91. The Bertz CT molecular complexity index is 650. The zero-order valence-corrected chi connectivity index (χ0v) is 14.9. The summed E-state index contributed by atoms with van der Waals surface area (Å²) in [5, 5.41) is 2.67. The van der Waals surface area contributed by atoms with Crippen molar-refractivity contribution in [2.45, 2.75) is 64.0 Å². The van der Waals surface area contributed by atoms with E-state index in [1.807, 2.05) is 0 Å². The van der Waals surface area contributed by atoms with E-state index < -0.39 is 35.6 Å². The summed E-state index contributed by atoms with van der Waals surface area (Å²) in [7, 11) is 0. The van der Waals surface area contributed by atoms with E-state index in [1.165, 1.54) is 12.1 Å². The molecule has 1 aliphatic heterocycles. The molecule has 0 unspecified atom stereocenters. The smallest absolute Gasteiger partial charge is 0.416 e. The number of esters is 1. The highest BCUT2D eigenvalue weighted by Gasteiger charge is 2.34. The van der Waals surface area contributed by atoms with Crippen LogP contribution in [0.5, 0.6) is 0 Å². The van der Waals surface area contributed by atoms with Gasteiger partial charge in [0.05, 0.1) is 11.6 Å². The molecule has 1 N–H and O–H groups in total. The molecule has 2 atom stereocenters. The van der Waals surface area contributed by atoms with Crippen LogP contribution in [0.3, 0.4) is 0 Å². The third-order valence-electron chi connectivity index (χ3n) is 3.80. The lowest BCUT2D eigenvalue weighted by Gasteiger charge is -2.26. The Hall–Kier alpha value is -2.25. The first kappa shape index (κ1) is 20.1. The van der Waals surface area contributed by atoms with Crippen LogP contribution in [0.25, 0.3) is 0 Å². The summed E-state index contributed by atoms with van der Waals surface area (Å²) < 4.78 is 48.4. The highest BCUT2D eigenvalue weighted by molar-refractivity contribution is 5.72. The lowest BCUT2D eigenvalue weighted by Crippen LogP contribution is -2.46. The van der Waals surface area contributed by atoms with Crippen LogP contribution in [0.4, 0.5) is 18.0 Å². The van der Waals surface area contributed by atoms with Crippen LogP contribution >= 0.6 is 0 Å². The van der Waals surface area contributed by atoms with Crippen LogP contribution in [0, 0.1) is 0 Å². The average molecular weight is 373 g/mol. The molecule has 0 saturated carbocycles. The van der Waals surface area contributed by atoms with Gasteiger partial charge in [-0.15, -0.1) is 0 Å². The summed E-state index contributed by atoms with van der Waals surface area (Å²) >= 11 is 0. The molecule has 1 aromatic carbocycles. The second-order valence-corrected chi connectivity index (χ2v) is 7.22. The number of hydrogen-bond acceptors (Lipinski definition) is 4. The van der Waals surface area contributed by atoms with Crippen molar-refractivity contribution in [2.75, 3.05) is 0 Å². The molecule has 8 heteroatoms. The Labute approximate surface area is 149 Å². The summed E-state index contributed by atoms with van der Waals surface area (Å²) in [5.74, 6) is -0.363. The Balaban J connectivity index is 2.11. The van der Waals surface area contributed by atoms with Gasteiger partial charge < -0.3 is 14.8 Å². The summed E-state index contributed by atoms with van der Waals surface area (Å²) in [6.07, 6.45) is -4.73. The van der Waals surface area contributed by atoms with Crippen LogP contribution < -0.4 is 5.32 Å². The van der Waals surface area contributed by atoms with E-state index in [0.29, 0.717) is 12.0 Å². The minimum atomic E-state index is -4.41. The number of cyclic esters (lactones) is 1. The van der Waals surface area contributed by atoms with Crippen molar-refractivity contribution in [1.82, 2.24) is 5.32 Å². The zero-order valence-electron chi connectivity index (χ0n) is 14.9. The molecule has 1 amide bonds. The lowest BCUT2D eigenvalue weighted by molar-refractivity contribution is -0.142. The first-order valence-electron chi connectivity index (χ1n) is 8.29. The molecule has 144 valence electrons. The number of benzene rings is 1. The molecule has 2 rings (SSSR count). The van der Waals surface area contributed by atoms with E-state index in [-0.39, 0.29) is 18.8 Å². The maximum Gasteiger partial charge on any atom is 0.416 e. The molecule has 1 heterocycles. The minimum Gasteiger partial charge on any atom is -0.460 e. The van der Waals surface area contributed by atoms with Crippen LogP contribution in [0.15, 0.2) is 24.3 Å². The number of nitrogens with one attached hydrogen (secondary N) is 1. The van der Waals surface area contributed by atoms with E-state index in [2.05, 4.69) is 5.32 Å². The van der Waals surface area contributed by atoms with Gasteiger partial charge in [0, 0.05) is 6.42 Å². The molecule has 0 radical (unpaired) electrons. The number of carbonyl (C=O) groups is 2. The lowest BCUT2D eigenvalue weighted by atomic mass is 9.98. The van der Waals surface area contributed by atoms with Crippen LogP contribution in [0.2, 0.25) is 0 Å². The van der Waals surface area contributed by atoms with Crippen molar-refractivity contribution < 1.29 is 32.2 Å². The second kappa shape index (κ2) is 7.55. The maximum absolute atomic E-state index is 12.7. The fourth-order valence-electron chi connectivity index (χ4n) is 2.65. The summed E-state index contributed by atoms with van der Waals surface area (Å²) in [6, 6.07) is 4.08. The monoisotopic (exact) mass is 373 g/mol. The molecular weight excluding hydrogens is 351 g/mol. The SMILES string of the molecule is CC(C)(C)OC(=O)N[C@H](Cc1ccc(C(F)(F)F)cc1)[C@H]1CCC(=O)O1. The highest BCUT2D eigenvalue weighted by atomic mass is 19.4. The Kier molecular flexibility index (Phi) is 5.83. The predicted octanol–water partition coefficient (Wildman–Crippen LogP) is 3.85. The molecule has 1 aromatic rings. The number of halogens is 3. The number of rotatable bonds is 4. The molecule has 0 spiro atoms. The normalized spacial score (nSPS) is 19.0. The molecule has 1 fully saturated rings. The molecular formula is C18H22F3NO4. The predicted molar refractivity (Wildman–Crippen MR) is 87.4 cm³/mol. The molecule has 0 aromatic heterocycles. The number of alkyl halides is 3. The number of amides is 1. The van der Waals surface area contributed by atoms with Gasteiger partial charge in [-0.3, -0.25) is 4.79 Å². The number of alkyl carbamates (subject to hydrolysis) is 1. The quantitative estimate of drug-likeness (QED) is 0.815. The van der Waals surface area contributed by atoms with Crippen molar-refractivity contribution in [2.24, 2.45) is 0 Å². The molecule has 5 nitrogen and oxygen atoms in total. The van der Waals surface area contributed by atoms with Crippen molar-refractivity contribution in [3.05, 3.63) is 35.4 Å². The maximum atomic E-state index is 12.7. The van der Waals surface area contributed by atoms with Gasteiger partial charge in [0.2, 0.25) is 0 Å². The standard InChI is InChI=1S/C18H22F3NO4/c1-17(2,3)26-16(24)22-13(14-8-9-15(23)25-14)10-11-4-6-12(7-5-11)18(19,20)21/h4-7,13-14H,8-10H2,1-3H3,(H,22,24)/t13-,14-/m1/s1. The first-order chi connectivity index (χ1) is 11.9. The van der Waals surface area contributed by atoms with Gasteiger partial charge in [-0.2, -0.15) is 13.2 Å². The van der Waals surface area contributed by atoms with Gasteiger partial charge in [-0.05, 0) is 51.3 Å². The number of carbonyl (C=O) groups excluding carboxylic acids is 2. The van der Waals surface area contributed by atoms with Gasteiger partial charge >= 0.3 is 18.2 Å². The zero-order chi connectivity index (χ0) is 19.5. The third kappa shape index (κ3) is 5.93. The van der Waals surface area contributed by atoms with Crippen LogP contribution in [-0.4, -0.2) is 29.8 Å². The number of ether oxygens (including phenoxy) is 2. The van der Waals surface area contributed by atoms with E-state index in [0.717, 1.165) is 12.1 Å². The van der Waals surface area contributed by atoms with Gasteiger partial charge in [-0.1, -0.05) is 12.1 Å². The molecule has 26 heavy (non-hydrogen) atoms.